The number of nitrogens with zero attached hydrogens (tertiary/aromatic N) is 1. The predicted octanol–water partition coefficient (Wildman–Crippen LogP) is 1.03. The summed E-state index contributed by atoms with van der Waals surface area (Å²) in [6, 6.07) is 3.26. The largest absolute Gasteiger partial charge is 0.399 e. The van der Waals surface area contributed by atoms with Crippen LogP contribution in [0, 0.1) is 13.8 Å². The minimum absolute atomic E-state index is 0.162. The molecule has 1 aliphatic rings. The first-order chi connectivity index (χ1) is 8.82. The molecule has 0 bridgehead atoms. The Hall–Kier alpha value is -1.11. The number of rotatable bonds is 2. The van der Waals surface area contributed by atoms with E-state index in [9.17, 15) is 13.5 Å². The lowest BCUT2D eigenvalue weighted by Gasteiger charge is -2.30. The van der Waals surface area contributed by atoms with Gasteiger partial charge in [-0.2, -0.15) is 4.31 Å². The van der Waals surface area contributed by atoms with Crippen molar-refractivity contribution < 1.29 is 13.5 Å². The van der Waals surface area contributed by atoms with Crippen molar-refractivity contribution in [2.45, 2.75) is 37.7 Å². The molecule has 106 valence electrons. The summed E-state index contributed by atoms with van der Waals surface area (Å²) in [5.41, 5.74) is 7.77. The van der Waals surface area contributed by atoms with E-state index in [0.29, 0.717) is 30.6 Å². The van der Waals surface area contributed by atoms with Crippen LogP contribution in [-0.4, -0.2) is 37.0 Å². The van der Waals surface area contributed by atoms with Crippen LogP contribution in [0.4, 0.5) is 5.69 Å². The van der Waals surface area contributed by atoms with E-state index >= 15 is 0 Å². The first-order valence-corrected chi connectivity index (χ1v) is 7.81. The number of aliphatic hydroxyl groups is 1. The zero-order chi connectivity index (χ0) is 14.2. The molecule has 0 aromatic heterocycles. The second kappa shape index (κ2) is 5.11. The van der Waals surface area contributed by atoms with Crippen LogP contribution in [0.3, 0.4) is 0 Å². The number of hydrogen-bond donors (Lipinski definition) is 2. The first kappa shape index (κ1) is 14.3. The number of sulfonamides is 1. The quantitative estimate of drug-likeness (QED) is 0.795. The van der Waals surface area contributed by atoms with Gasteiger partial charge in [0.1, 0.15) is 0 Å². The number of aryl methyl sites for hydroxylation is 1. The minimum atomic E-state index is -3.58. The normalized spacial score (nSPS) is 21.5. The first-order valence-electron chi connectivity index (χ1n) is 6.37. The van der Waals surface area contributed by atoms with Crippen LogP contribution in [-0.2, 0) is 10.0 Å². The second-order valence-corrected chi connectivity index (χ2v) is 7.03. The van der Waals surface area contributed by atoms with Crippen molar-refractivity contribution in [2.75, 3.05) is 18.8 Å². The SMILES string of the molecule is Cc1cc(N)cc(S(=O)(=O)N2CCCC(O)C2)c1C. The van der Waals surface area contributed by atoms with E-state index in [0.717, 1.165) is 5.56 Å². The second-order valence-electron chi connectivity index (χ2n) is 5.12. The average Bonchev–Trinajstić information content (AvgIpc) is 2.33. The van der Waals surface area contributed by atoms with Crippen molar-refractivity contribution >= 4 is 15.7 Å². The van der Waals surface area contributed by atoms with Crippen molar-refractivity contribution in [3.63, 3.8) is 0 Å². The van der Waals surface area contributed by atoms with Gasteiger partial charge in [0.25, 0.3) is 0 Å². The van der Waals surface area contributed by atoms with Crippen molar-refractivity contribution in [1.82, 2.24) is 4.31 Å². The minimum Gasteiger partial charge on any atom is -0.399 e. The fourth-order valence-corrected chi connectivity index (χ4v) is 4.25. The number of β-amino-alcohol motifs (C(OH)–C–C–N with tert-alkyl or cyclic N) is 1. The smallest absolute Gasteiger partial charge is 0.243 e. The van der Waals surface area contributed by atoms with Gasteiger partial charge in [-0.25, -0.2) is 8.42 Å². The zero-order valence-corrected chi connectivity index (χ0v) is 12.1. The van der Waals surface area contributed by atoms with E-state index in [1.807, 2.05) is 6.92 Å². The lowest BCUT2D eigenvalue weighted by Crippen LogP contribution is -2.42. The lowest BCUT2D eigenvalue weighted by atomic mass is 10.1. The molecule has 0 amide bonds. The molecule has 2 rings (SSSR count). The Labute approximate surface area is 114 Å². The van der Waals surface area contributed by atoms with Gasteiger partial charge in [-0.15, -0.1) is 0 Å². The summed E-state index contributed by atoms with van der Waals surface area (Å²) in [5, 5.41) is 9.64. The van der Waals surface area contributed by atoms with E-state index < -0.39 is 16.1 Å². The molecule has 1 fully saturated rings. The Morgan fingerprint density at radius 1 is 1.37 bits per heavy atom. The van der Waals surface area contributed by atoms with E-state index in [1.165, 1.54) is 10.4 Å². The fraction of sp³-hybridized carbons (Fsp3) is 0.538. The Bertz CT molecular complexity index is 584. The average molecular weight is 284 g/mol. The van der Waals surface area contributed by atoms with Crippen LogP contribution in [0.25, 0.3) is 0 Å². The zero-order valence-electron chi connectivity index (χ0n) is 11.3. The monoisotopic (exact) mass is 284 g/mol. The highest BCUT2D eigenvalue weighted by Gasteiger charge is 2.30. The molecular weight excluding hydrogens is 264 g/mol. The molecule has 5 nitrogen and oxygen atoms in total. The molecule has 0 aliphatic carbocycles. The summed E-state index contributed by atoms with van der Waals surface area (Å²) in [6.45, 7) is 4.24. The highest BCUT2D eigenvalue weighted by molar-refractivity contribution is 7.89. The summed E-state index contributed by atoms with van der Waals surface area (Å²) < 4.78 is 26.6. The molecule has 1 heterocycles. The van der Waals surface area contributed by atoms with Gasteiger partial charge in [0.05, 0.1) is 11.0 Å². The van der Waals surface area contributed by atoms with E-state index in [1.54, 1.807) is 13.0 Å². The Balaban J connectivity index is 2.45. The molecule has 1 aromatic carbocycles. The summed E-state index contributed by atoms with van der Waals surface area (Å²) in [4.78, 5) is 0.249. The Morgan fingerprint density at radius 2 is 2.05 bits per heavy atom. The van der Waals surface area contributed by atoms with Crippen LogP contribution in [0.15, 0.2) is 17.0 Å². The molecule has 1 aliphatic heterocycles. The maximum atomic E-state index is 12.6. The number of nitrogens with two attached hydrogens (primary N) is 1. The highest BCUT2D eigenvalue weighted by Crippen LogP contribution is 2.27. The van der Waals surface area contributed by atoms with Crippen LogP contribution < -0.4 is 5.73 Å². The number of anilines is 1. The molecule has 3 N–H and O–H groups in total. The van der Waals surface area contributed by atoms with Gasteiger partial charge in [-0.1, -0.05) is 0 Å². The van der Waals surface area contributed by atoms with Gasteiger partial charge in [0, 0.05) is 18.8 Å². The molecule has 1 atom stereocenters. The Morgan fingerprint density at radius 3 is 2.68 bits per heavy atom. The van der Waals surface area contributed by atoms with Gasteiger partial charge < -0.3 is 10.8 Å². The number of aliphatic hydroxyl groups excluding tert-OH is 1. The molecule has 0 radical (unpaired) electrons. The highest BCUT2D eigenvalue weighted by atomic mass is 32.2. The summed E-state index contributed by atoms with van der Waals surface area (Å²) >= 11 is 0. The van der Waals surface area contributed by atoms with E-state index in [4.69, 9.17) is 5.73 Å². The molecule has 1 aromatic rings. The number of piperidine rings is 1. The summed E-state index contributed by atoms with van der Waals surface area (Å²) in [6.07, 6.45) is 0.757. The third kappa shape index (κ3) is 2.75. The van der Waals surface area contributed by atoms with Crippen molar-refractivity contribution in [1.29, 1.82) is 0 Å². The molecule has 0 spiro atoms. The molecule has 6 heteroatoms. The van der Waals surface area contributed by atoms with Crippen molar-refractivity contribution in [3.8, 4) is 0 Å². The van der Waals surface area contributed by atoms with E-state index in [-0.39, 0.29) is 11.4 Å². The standard InChI is InChI=1S/C13H20N2O3S/c1-9-6-11(14)7-13(10(9)2)19(17,18)15-5-3-4-12(16)8-15/h6-7,12,16H,3-5,8,14H2,1-2H3. The molecule has 1 unspecified atom stereocenters. The number of benzene rings is 1. The van der Waals surface area contributed by atoms with Gasteiger partial charge in [0.15, 0.2) is 0 Å². The van der Waals surface area contributed by atoms with Crippen LogP contribution in [0.5, 0.6) is 0 Å². The maximum absolute atomic E-state index is 12.6. The topological polar surface area (TPSA) is 83.6 Å². The third-order valence-corrected chi connectivity index (χ3v) is 5.61. The maximum Gasteiger partial charge on any atom is 0.243 e. The summed E-state index contributed by atoms with van der Waals surface area (Å²) in [5.74, 6) is 0. The van der Waals surface area contributed by atoms with Gasteiger partial charge in [-0.05, 0) is 49.9 Å². The summed E-state index contributed by atoms with van der Waals surface area (Å²) in [7, 11) is -3.58. The van der Waals surface area contributed by atoms with E-state index in [2.05, 4.69) is 0 Å². The van der Waals surface area contributed by atoms with Gasteiger partial charge >= 0.3 is 0 Å². The van der Waals surface area contributed by atoms with Gasteiger partial charge in [0.2, 0.25) is 10.0 Å². The lowest BCUT2D eigenvalue weighted by molar-refractivity contribution is 0.108. The van der Waals surface area contributed by atoms with Gasteiger partial charge in [-0.3, -0.25) is 0 Å². The van der Waals surface area contributed by atoms with Crippen LogP contribution in [0.2, 0.25) is 0 Å². The fourth-order valence-electron chi connectivity index (χ4n) is 2.40. The molecular formula is C13H20N2O3S. The molecule has 19 heavy (non-hydrogen) atoms. The number of hydrogen-bond acceptors (Lipinski definition) is 4. The van der Waals surface area contributed by atoms with Crippen LogP contribution >= 0.6 is 0 Å². The molecule has 0 saturated carbocycles. The van der Waals surface area contributed by atoms with Crippen molar-refractivity contribution in [3.05, 3.63) is 23.3 Å². The van der Waals surface area contributed by atoms with Crippen molar-refractivity contribution in [2.24, 2.45) is 0 Å². The van der Waals surface area contributed by atoms with Crippen LogP contribution in [0.1, 0.15) is 24.0 Å². The number of nitrogen functional groups attached to an aromatic ring is 1. The third-order valence-electron chi connectivity index (χ3n) is 3.62. The predicted molar refractivity (Wildman–Crippen MR) is 74.3 cm³/mol. The Kier molecular flexibility index (Phi) is 3.85. The molecule has 1 saturated heterocycles.